The molecule has 5 nitrogen and oxygen atoms in total. The van der Waals surface area contributed by atoms with E-state index in [1.807, 2.05) is 45.1 Å². The van der Waals surface area contributed by atoms with Crippen molar-refractivity contribution in [2.75, 3.05) is 31.8 Å². The summed E-state index contributed by atoms with van der Waals surface area (Å²) in [5, 5.41) is 3.60. The highest BCUT2D eigenvalue weighted by molar-refractivity contribution is 7.85. The van der Waals surface area contributed by atoms with E-state index in [0.717, 1.165) is 41.9 Å². The van der Waals surface area contributed by atoms with Gasteiger partial charge < -0.3 is 14.3 Å². The predicted octanol–water partition coefficient (Wildman–Crippen LogP) is 4.19. The van der Waals surface area contributed by atoms with Crippen LogP contribution in [0.25, 0.3) is 0 Å². The van der Waals surface area contributed by atoms with Crippen LogP contribution in [0.5, 0.6) is 11.5 Å². The summed E-state index contributed by atoms with van der Waals surface area (Å²) in [6.45, 7) is 7.29. The molecule has 0 saturated heterocycles. The number of hydrogen-bond donors (Lipinski definition) is 0. The van der Waals surface area contributed by atoms with E-state index in [1.54, 1.807) is 6.21 Å². The van der Waals surface area contributed by atoms with Gasteiger partial charge >= 0.3 is 0 Å². The van der Waals surface area contributed by atoms with Gasteiger partial charge in [-0.15, -0.1) is 0 Å². The first-order valence-corrected chi connectivity index (χ1v) is 10.4. The molecule has 0 radical (unpaired) electrons. The van der Waals surface area contributed by atoms with Crippen molar-refractivity contribution in [2.45, 2.75) is 40.0 Å². The van der Waals surface area contributed by atoms with E-state index < -0.39 is 10.8 Å². The molecule has 0 aliphatic heterocycles. The molecule has 1 unspecified atom stereocenters. The molecule has 0 aliphatic carbocycles. The fraction of sp³-hybridized carbons (Fsp3) is 0.550. The minimum atomic E-state index is -0.866. The molecule has 0 fully saturated rings. The van der Waals surface area contributed by atoms with Crippen molar-refractivity contribution in [3.05, 3.63) is 35.4 Å². The van der Waals surface area contributed by atoms with Crippen molar-refractivity contribution in [3.63, 3.8) is 0 Å². The first-order chi connectivity index (χ1) is 12.6. The van der Waals surface area contributed by atoms with Gasteiger partial charge in [-0.3, -0.25) is 4.21 Å². The van der Waals surface area contributed by atoms with Crippen LogP contribution < -0.4 is 9.47 Å². The van der Waals surface area contributed by atoms with Crippen molar-refractivity contribution >= 4 is 17.0 Å². The molecule has 0 heterocycles. The second kappa shape index (κ2) is 13.4. The van der Waals surface area contributed by atoms with Crippen LogP contribution in [0, 0.1) is 13.8 Å². The molecule has 0 aromatic heterocycles. The lowest BCUT2D eigenvalue weighted by molar-refractivity contribution is 0.215. The van der Waals surface area contributed by atoms with Crippen molar-refractivity contribution in [3.8, 4) is 11.5 Å². The number of nitrogens with zero attached hydrogens (tertiary/aromatic N) is 1. The number of allylic oxidation sites excluding steroid dienone is 1. The number of hydrogen-bond acceptors (Lipinski definition) is 5. The Balaban J connectivity index is 2.30. The molecule has 0 spiro atoms. The van der Waals surface area contributed by atoms with Gasteiger partial charge in [-0.25, -0.2) is 0 Å². The van der Waals surface area contributed by atoms with Crippen molar-refractivity contribution in [1.82, 2.24) is 0 Å². The maximum absolute atomic E-state index is 11.7. The third-order valence-electron chi connectivity index (χ3n) is 3.72. The predicted molar refractivity (Wildman–Crippen MR) is 109 cm³/mol. The van der Waals surface area contributed by atoms with Gasteiger partial charge in [0.1, 0.15) is 25.2 Å². The molecule has 0 aliphatic rings. The highest BCUT2D eigenvalue weighted by atomic mass is 32.2. The number of oxime groups is 1. The van der Waals surface area contributed by atoms with Crippen molar-refractivity contribution in [2.24, 2.45) is 5.16 Å². The van der Waals surface area contributed by atoms with Gasteiger partial charge in [0.05, 0.1) is 18.6 Å². The summed E-state index contributed by atoms with van der Waals surface area (Å²) in [6.07, 6.45) is 8.37. The van der Waals surface area contributed by atoms with Crippen LogP contribution in [0.1, 0.15) is 37.3 Å². The Morgan fingerprint density at radius 2 is 1.85 bits per heavy atom. The smallest absolute Gasteiger partial charge is 0.125 e. The second-order valence-corrected chi connectivity index (χ2v) is 7.58. The number of unbranched alkanes of at least 4 members (excludes halogenated alkanes) is 2. The lowest BCUT2D eigenvalue weighted by atomic mass is 10.1. The molecule has 0 saturated carbocycles. The van der Waals surface area contributed by atoms with Gasteiger partial charge in [0.25, 0.3) is 0 Å². The normalized spacial score (nSPS) is 12.6. The van der Waals surface area contributed by atoms with Gasteiger partial charge in [-0.05, 0) is 63.3 Å². The van der Waals surface area contributed by atoms with Crippen molar-refractivity contribution < 1.29 is 18.5 Å². The number of benzene rings is 1. The number of ether oxygens (including phenoxy) is 2. The molecule has 0 bridgehead atoms. The molecule has 146 valence electrons. The average Bonchev–Trinajstić information content (AvgIpc) is 2.60. The Kier molecular flexibility index (Phi) is 11.4. The van der Waals surface area contributed by atoms with Crippen LogP contribution in [0.4, 0.5) is 0 Å². The Labute approximate surface area is 159 Å². The average molecular weight is 382 g/mol. The topological polar surface area (TPSA) is 57.1 Å². The minimum absolute atomic E-state index is 0.450. The van der Waals surface area contributed by atoms with E-state index in [0.29, 0.717) is 24.7 Å². The summed E-state index contributed by atoms with van der Waals surface area (Å²) in [5.41, 5.74) is 2.16. The molecule has 0 amide bonds. The molecule has 0 N–H and O–H groups in total. The van der Waals surface area contributed by atoms with Crippen molar-refractivity contribution in [1.29, 1.82) is 0 Å². The molecule has 26 heavy (non-hydrogen) atoms. The zero-order chi connectivity index (χ0) is 19.2. The summed E-state index contributed by atoms with van der Waals surface area (Å²) in [6, 6.07) is 4.02. The summed E-state index contributed by atoms with van der Waals surface area (Å²) in [4.78, 5) is 4.55. The maximum atomic E-state index is 11.7. The Hall–Kier alpha value is -1.82. The van der Waals surface area contributed by atoms with E-state index in [2.05, 4.69) is 9.99 Å². The molecular weight excluding hydrogens is 350 g/mol. The van der Waals surface area contributed by atoms with E-state index >= 15 is 0 Å². The Bertz CT molecular complexity index is 591. The fourth-order valence-electron chi connectivity index (χ4n) is 2.45. The third kappa shape index (κ3) is 9.04. The molecule has 6 heteroatoms. The van der Waals surface area contributed by atoms with Gasteiger partial charge in [0, 0.05) is 16.6 Å². The van der Waals surface area contributed by atoms with Crippen LogP contribution in [-0.4, -0.2) is 42.3 Å². The molecule has 1 atom stereocenters. The quantitative estimate of drug-likeness (QED) is 0.222. The summed E-state index contributed by atoms with van der Waals surface area (Å²) in [5.74, 6) is 2.93. The van der Waals surface area contributed by atoms with Gasteiger partial charge in [0.15, 0.2) is 0 Å². The van der Waals surface area contributed by atoms with Crippen LogP contribution >= 0.6 is 0 Å². The third-order valence-corrected chi connectivity index (χ3v) is 4.98. The largest absolute Gasteiger partial charge is 0.493 e. The summed E-state index contributed by atoms with van der Waals surface area (Å²) < 4.78 is 23.3. The summed E-state index contributed by atoms with van der Waals surface area (Å²) in [7, 11) is 0.614. The zero-order valence-corrected chi connectivity index (χ0v) is 17.1. The van der Waals surface area contributed by atoms with Crippen LogP contribution in [-0.2, 0) is 15.6 Å². The second-order valence-electron chi connectivity index (χ2n) is 5.96. The first kappa shape index (κ1) is 22.2. The zero-order valence-electron chi connectivity index (χ0n) is 16.3. The van der Waals surface area contributed by atoms with Gasteiger partial charge in [-0.1, -0.05) is 17.3 Å². The number of rotatable bonds is 13. The van der Waals surface area contributed by atoms with E-state index in [-0.39, 0.29) is 0 Å². The highest BCUT2D eigenvalue weighted by Crippen LogP contribution is 2.28. The van der Waals surface area contributed by atoms with Crippen LogP contribution in [0.3, 0.4) is 0 Å². The molecular formula is C20H31NO4S. The fourth-order valence-corrected chi connectivity index (χ4v) is 3.37. The van der Waals surface area contributed by atoms with E-state index in [9.17, 15) is 4.21 Å². The first-order valence-electron chi connectivity index (χ1n) is 8.96. The molecule has 1 aromatic rings. The van der Waals surface area contributed by atoms with E-state index in [1.165, 1.54) is 7.11 Å². The molecule has 1 rings (SSSR count). The Morgan fingerprint density at radius 1 is 1.12 bits per heavy atom. The van der Waals surface area contributed by atoms with E-state index in [4.69, 9.17) is 9.47 Å². The minimum Gasteiger partial charge on any atom is -0.493 e. The van der Waals surface area contributed by atoms with Crippen LogP contribution in [0.2, 0.25) is 0 Å². The summed E-state index contributed by atoms with van der Waals surface area (Å²) >= 11 is 0. The molecule has 1 aromatic carbocycles. The number of aryl methyl sites for hydroxylation is 2. The van der Waals surface area contributed by atoms with Gasteiger partial charge in [-0.2, -0.15) is 0 Å². The van der Waals surface area contributed by atoms with Gasteiger partial charge in [0.2, 0.25) is 0 Å². The van der Waals surface area contributed by atoms with Crippen LogP contribution in [0.15, 0.2) is 29.4 Å². The Morgan fingerprint density at radius 3 is 2.50 bits per heavy atom. The lowest BCUT2D eigenvalue weighted by Crippen LogP contribution is -2.05. The lowest BCUT2D eigenvalue weighted by Gasteiger charge is -2.14. The maximum Gasteiger partial charge on any atom is 0.125 e. The highest BCUT2D eigenvalue weighted by Gasteiger charge is 2.07. The monoisotopic (exact) mass is 381 g/mol. The SMILES string of the molecule is C/C=C/COc1cc(C)c(OCCCCCS(=O)C/C=N/OC)c(C)c1. The standard InChI is InChI=1S/C20H31NO4S/c1-5-6-11-24-19-15-17(2)20(18(3)16-19)25-12-8-7-9-13-26(22)14-10-21-23-4/h5-6,10,15-16H,7-9,11-14H2,1-4H3/b6-5+,21-10+.